The summed E-state index contributed by atoms with van der Waals surface area (Å²) in [6.07, 6.45) is 2.36. The van der Waals surface area contributed by atoms with Gasteiger partial charge in [0.05, 0.1) is 22.8 Å². The van der Waals surface area contributed by atoms with Crippen molar-refractivity contribution in [2.24, 2.45) is 0 Å². The smallest absolute Gasteiger partial charge is 0.261 e. The molecular weight excluding hydrogens is 384 g/mol. The van der Waals surface area contributed by atoms with Gasteiger partial charge in [-0.3, -0.25) is 19.0 Å². The van der Waals surface area contributed by atoms with Crippen molar-refractivity contribution in [3.8, 4) is 5.75 Å². The van der Waals surface area contributed by atoms with E-state index < -0.39 is 5.72 Å². The zero-order chi connectivity index (χ0) is 20.7. The van der Waals surface area contributed by atoms with Crippen LogP contribution in [0, 0.1) is 0 Å². The first-order valence-electron chi connectivity index (χ1n) is 9.87. The molecule has 1 fully saturated rings. The lowest BCUT2D eigenvalue weighted by Crippen LogP contribution is -2.61. The van der Waals surface area contributed by atoms with Crippen LogP contribution in [0.3, 0.4) is 0 Å². The maximum absolute atomic E-state index is 12.8. The first kappa shape index (κ1) is 18.4. The van der Waals surface area contributed by atoms with Gasteiger partial charge in [-0.15, -0.1) is 0 Å². The van der Waals surface area contributed by atoms with Gasteiger partial charge in [0, 0.05) is 25.9 Å². The highest BCUT2D eigenvalue weighted by Crippen LogP contribution is 2.33. The fraction of sp³-hybridized carbons (Fsp3) is 0.273. The first-order valence-corrected chi connectivity index (χ1v) is 9.87. The molecule has 0 radical (unpaired) electrons. The molecule has 3 heterocycles. The number of amides is 2. The average molecular weight is 404 g/mol. The Kier molecular flexibility index (Phi) is 4.27. The Bertz CT molecular complexity index is 1210. The minimum atomic E-state index is -0.802. The Labute approximate surface area is 172 Å². The van der Waals surface area contributed by atoms with E-state index in [0.717, 1.165) is 0 Å². The number of hydrogen-bond acceptors (Lipinski definition) is 5. The molecule has 2 aromatic carbocycles. The molecule has 2 aliphatic rings. The van der Waals surface area contributed by atoms with Crippen molar-refractivity contribution in [2.45, 2.75) is 25.1 Å². The number of rotatable bonds is 2. The Morgan fingerprint density at radius 2 is 1.80 bits per heavy atom. The Morgan fingerprint density at radius 1 is 1.07 bits per heavy atom. The van der Waals surface area contributed by atoms with Gasteiger partial charge in [0.25, 0.3) is 11.5 Å². The van der Waals surface area contributed by atoms with E-state index in [9.17, 15) is 14.4 Å². The highest BCUT2D eigenvalue weighted by Gasteiger charge is 2.43. The van der Waals surface area contributed by atoms with Crippen LogP contribution in [0.4, 0.5) is 0 Å². The number of nitrogens with zero attached hydrogens (tertiary/aromatic N) is 3. The van der Waals surface area contributed by atoms with Gasteiger partial charge in [-0.25, -0.2) is 4.98 Å². The van der Waals surface area contributed by atoms with Crippen molar-refractivity contribution in [2.75, 3.05) is 13.1 Å². The monoisotopic (exact) mass is 404 g/mol. The van der Waals surface area contributed by atoms with Gasteiger partial charge >= 0.3 is 0 Å². The van der Waals surface area contributed by atoms with Crippen LogP contribution >= 0.6 is 0 Å². The normalized spacial score (nSPS) is 17.3. The van der Waals surface area contributed by atoms with Crippen LogP contribution in [0.1, 0.15) is 23.2 Å². The van der Waals surface area contributed by atoms with Gasteiger partial charge in [-0.2, -0.15) is 0 Å². The summed E-state index contributed by atoms with van der Waals surface area (Å²) < 4.78 is 7.45. The summed E-state index contributed by atoms with van der Waals surface area (Å²) in [4.78, 5) is 43.8. The quantitative estimate of drug-likeness (QED) is 0.699. The molecular formula is C22H20N4O4. The number of aromatic nitrogens is 2. The number of benzene rings is 2. The second kappa shape index (κ2) is 6.98. The van der Waals surface area contributed by atoms with Crippen LogP contribution in [-0.4, -0.2) is 45.1 Å². The van der Waals surface area contributed by atoms with Gasteiger partial charge in [0.2, 0.25) is 5.91 Å². The SMILES string of the molecule is O=C1NC2(CCN(C(=O)Cn3cnc4ccccc4c3=O)CC2)Oc2ccccc21. The Balaban J connectivity index is 1.28. The molecule has 152 valence electrons. The Morgan fingerprint density at radius 3 is 2.63 bits per heavy atom. The molecule has 2 aliphatic heterocycles. The van der Waals surface area contributed by atoms with Gasteiger partial charge in [0.15, 0.2) is 5.72 Å². The lowest BCUT2D eigenvalue weighted by Gasteiger charge is -2.44. The molecule has 2 amide bonds. The van der Waals surface area contributed by atoms with Crippen LogP contribution in [0.25, 0.3) is 10.9 Å². The number of hydrogen-bond donors (Lipinski definition) is 1. The average Bonchev–Trinajstić information content (AvgIpc) is 2.76. The van der Waals surface area contributed by atoms with Crippen LogP contribution in [0.15, 0.2) is 59.7 Å². The summed E-state index contributed by atoms with van der Waals surface area (Å²) in [6, 6.07) is 14.2. The predicted molar refractivity (Wildman–Crippen MR) is 109 cm³/mol. The van der Waals surface area contributed by atoms with Crippen molar-refractivity contribution in [3.63, 3.8) is 0 Å². The molecule has 30 heavy (non-hydrogen) atoms. The van der Waals surface area contributed by atoms with E-state index >= 15 is 0 Å². The summed E-state index contributed by atoms with van der Waals surface area (Å²) in [5, 5.41) is 3.45. The lowest BCUT2D eigenvalue weighted by atomic mass is 9.97. The van der Waals surface area contributed by atoms with Crippen LogP contribution in [0.5, 0.6) is 5.75 Å². The van der Waals surface area contributed by atoms with E-state index in [-0.39, 0.29) is 23.9 Å². The summed E-state index contributed by atoms with van der Waals surface area (Å²) in [7, 11) is 0. The summed E-state index contributed by atoms with van der Waals surface area (Å²) >= 11 is 0. The molecule has 3 aromatic rings. The fourth-order valence-corrected chi connectivity index (χ4v) is 4.06. The molecule has 1 saturated heterocycles. The number of piperidine rings is 1. The van der Waals surface area contributed by atoms with E-state index in [2.05, 4.69) is 10.3 Å². The van der Waals surface area contributed by atoms with Crippen LogP contribution in [0.2, 0.25) is 0 Å². The van der Waals surface area contributed by atoms with Gasteiger partial charge in [-0.05, 0) is 24.3 Å². The summed E-state index contributed by atoms with van der Waals surface area (Å²) in [6.45, 7) is 0.786. The third-order valence-corrected chi connectivity index (χ3v) is 5.74. The van der Waals surface area contributed by atoms with Crippen LogP contribution < -0.4 is 15.6 Å². The predicted octanol–water partition coefficient (Wildman–Crippen LogP) is 1.54. The maximum atomic E-state index is 12.8. The molecule has 1 aromatic heterocycles. The molecule has 8 nitrogen and oxygen atoms in total. The number of ether oxygens (including phenoxy) is 1. The molecule has 5 rings (SSSR count). The van der Waals surface area contributed by atoms with Crippen molar-refractivity contribution < 1.29 is 14.3 Å². The zero-order valence-corrected chi connectivity index (χ0v) is 16.2. The maximum Gasteiger partial charge on any atom is 0.261 e. The highest BCUT2D eigenvalue weighted by molar-refractivity contribution is 5.98. The summed E-state index contributed by atoms with van der Waals surface area (Å²) in [5.74, 6) is 0.242. The number of carbonyl (C=O) groups excluding carboxylic acids is 2. The van der Waals surface area contributed by atoms with Gasteiger partial charge < -0.3 is 15.0 Å². The molecule has 0 saturated carbocycles. The van der Waals surface area contributed by atoms with Crippen molar-refractivity contribution >= 4 is 22.7 Å². The number of para-hydroxylation sites is 2. The van der Waals surface area contributed by atoms with E-state index in [1.807, 2.05) is 12.1 Å². The first-order chi connectivity index (χ1) is 14.5. The third-order valence-electron chi connectivity index (χ3n) is 5.74. The van der Waals surface area contributed by atoms with Crippen LogP contribution in [-0.2, 0) is 11.3 Å². The molecule has 0 bridgehead atoms. The van der Waals surface area contributed by atoms with Crippen molar-refractivity contribution in [1.29, 1.82) is 0 Å². The molecule has 0 atom stereocenters. The van der Waals surface area contributed by atoms with Crippen molar-refractivity contribution in [1.82, 2.24) is 19.8 Å². The van der Waals surface area contributed by atoms with Gasteiger partial charge in [-0.1, -0.05) is 24.3 Å². The molecule has 1 N–H and O–H groups in total. The molecule has 8 heteroatoms. The van der Waals surface area contributed by atoms with E-state index in [1.165, 1.54) is 10.9 Å². The number of nitrogens with one attached hydrogen (secondary N) is 1. The van der Waals surface area contributed by atoms with E-state index in [4.69, 9.17) is 4.74 Å². The van der Waals surface area contributed by atoms with E-state index in [0.29, 0.717) is 48.1 Å². The second-order valence-electron chi connectivity index (χ2n) is 7.62. The molecule has 0 unspecified atom stereocenters. The Hall–Kier alpha value is -3.68. The number of carbonyl (C=O) groups is 2. The molecule has 0 aliphatic carbocycles. The minimum absolute atomic E-state index is 0.0697. The highest BCUT2D eigenvalue weighted by atomic mass is 16.5. The summed E-state index contributed by atoms with van der Waals surface area (Å²) in [5.41, 5.74) is 0.0899. The standard InChI is InChI=1S/C22H20N4O4/c27-19(13-26-14-23-17-7-3-1-5-15(17)21(26)29)25-11-9-22(10-12-25)24-20(28)16-6-2-4-8-18(16)30-22/h1-8,14H,9-13H2,(H,24,28). The topological polar surface area (TPSA) is 93.5 Å². The van der Waals surface area contributed by atoms with Gasteiger partial charge in [0.1, 0.15) is 12.3 Å². The number of fused-ring (bicyclic) bond motifs is 2. The lowest BCUT2D eigenvalue weighted by molar-refractivity contribution is -0.136. The largest absolute Gasteiger partial charge is 0.467 e. The zero-order valence-electron chi connectivity index (χ0n) is 16.2. The minimum Gasteiger partial charge on any atom is -0.467 e. The van der Waals surface area contributed by atoms with E-state index in [1.54, 1.807) is 41.3 Å². The second-order valence-corrected chi connectivity index (χ2v) is 7.62. The fourth-order valence-electron chi connectivity index (χ4n) is 4.06. The number of likely N-dealkylation sites (tertiary alicyclic amines) is 1. The molecule has 1 spiro atoms. The third kappa shape index (κ3) is 3.10. The van der Waals surface area contributed by atoms with Crippen molar-refractivity contribution in [3.05, 3.63) is 70.8 Å².